The Hall–Kier alpha value is -1.59. The van der Waals surface area contributed by atoms with E-state index >= 15 is 0 Å². The van der Waals surface area contributed by atoms with Gasteiger partial charge < -0.3 is 13.9 Å². The maximum absolute atomic E-state index is 11.5. The summed E-state index contributed by atoms with van der Waals surface area (Å²) in [6.07, 6.45) is 2.29. The zero-order valence-corrected chi connectivity index (χ0v) is 10.9. The topological polar surface area (TPSA) is 52.8 Å². The minimum atomic E-state index is -0.389. The summed E-state index contributed by atoms with van der Waals surface area (Å²) in [6, 6.07) is 3.41. The van der Waals surface area contributed by atoms with Crippen molar-refractivity contribution in [2.45, 2.75) is 6.42 Å². The zero-order valence-electron chi connectivity index (χ0n) is 10.1. The van der Waals surface area contributed by atoms with Gasteiger partial charge in [0.2, 0.25) is 0 Å². The van der Waals surface area contributed by atoms with Crippen LogP contribution in [0.4, 0.5) is 0 Å². The Labute approximate surface area is 109 Å². The van der Waals surface area contributed by atoms with Gasteiger partial charge in [0.25, 0.3) is 0 Å². The minimum absolute atomic E-state index is 0.389. The molecule has 0 radical (unpaired) electrons. The summed E-state index contributed by atoms with van der Waals surface area (Å²) >= 11 is 6.03. The van der Waals surface area contributed by atoms with Gasteiger partial charge in [-0.2, -0.15) is 0 Å². The molecule has 6 heteroatoms. The SMILES string of the molecule is COCCc1nc(Cl)c2ccc(C(=O)OC)cn12. The van der Waals surface area contributed by atoms with E-state index in [9.17, 15) is 4.79 Å². The molecule has 2 rings (SSSR count). The average Bonchev–Trinajstić information content (AvgIpc) is 2.71. The number of rotatable bonds is 4. The number of aromatic nitrogens is 2. The van der Waals surface area contributed by atoms with Gasteiger partial charge in [-0.05, 0) is 12.1 Å². The molecule has 0 saturated carbocycles. The zero-order chi connectivity index (χ0) is 13.1. The molecule has 0 saturated heterocycles. The van der Waals surface area contributed by atoms with Crippen molar-refractivity contribution in [3.05, 3.63) is 34.9 Å². The number of hydrogen-bond acceptors (Lipinski definition) is 4. The maximum Gasteiger partial charge on any atom is 0.339 e. The molecule has 2 heterocycles. The van der Waals surface area contributed by atoms with Gasteiger partial charge in [0.1, 0.15) is 5.82 Å². The van der Waals surface area contributed by atoms with Crippen molar-refractivity contribution in [1.29, 1.82) is 0 Å². The van der Waals surface area contributed by atoms with Crippen LogP contribution in [0.25, 0.3) is 5.52 Å². The molecular weight excluding hydrogens is 256 g/mol. The van der Waals surface area contributed by atoms with Crippen molar-refractivity contribution in [2.24, 2.45) is 0 Å². The van der Waals surface area contributed by atoms with Gasteiger partial charge >= 0.3 is 5.97 Å². The van der Waals surface area contributed by atoms with E-state index in [1.54, 1.807) is 29.8 Å². The second kappa shape index (κ2) is 5.37. The van der Waals surface area contributed by atoms with Crippen LogP contribution >= 0.6 is 11.6 Å². The van der Waals surface area contributed by atoms with E-state index < -0.39 is 0 Å². The summed E-state index contributed by atoms with van der Waals surface area (Å²) in [6.45, 7) is 0.540. The van der Waals surface area contributed by atoms with Gasteiger partial charge in [-0.3, -0.25) is 0 Å². The largest absolute Gasteiger partial charge is 0.465 e. The molecule has 0 unspecified atom stereocenters. The second-order valence-electron chi connectivity index (χ2n) is 3.73. The van der Waals surface area contributed by atoms with Crippen LogP contribution in [0.2, 0.25) is 5.15 Å². The number of methoxy groups -OCH3 is 2. The highest BCUT2D eigenvalue weighted by atomic mass is 35.5. The molecule has 96 valence electrons. The molecule has 0 fully saturated rings. The lowest BCUT2D eigenvalue weighted by molar-refractivity contribution is 0.0600. The molecule has 0 aliphatic carbocycles. The average molecular weight is 269 g/mol. The minimum Gasteiger partial charge on any atom is -0.465 e. The third-order valence-electron chi connectivity index (χ3n) is 2.62. The number of ether oxygens (including phenoxy) is 2. The van der Waals surface area contributed by atoms with Crippen LogP contribution in [0, 0.1) is 0 Å². The smallest absolute Gasteiger partial charge is 0.339 e. The summed E-state index contributed by atoms with van der Waals surface area (Å²) in [7, 11) is 2.97. The van der Waals surface area contributed by atoms with Gasteiger partial charge in [0.15, 0.2) is 5.15 Å². The highest BCUT2D eigenvalue weighted by Gasteiger charge is 2.12. The molecule has 18 heavy (non-hydrogen) atoms. The number of esters is 1. The number of carbonyl (C=O) groups excluding carboxylic acids is 1. The van der Waals surface area contributed by atoms with Crippen molar-refractivity contribution in [3.8, 4) is 0 Å². The Balaban J connectivity index is 2.48. The van der Waals surface area contributed by atoms with E-state index in [1.807, 2.05) is 0 Å². The van der Waals surface area contributed by atoms with Crippen LogP contribution in [-0.2, 0) is 15.9 Å². The quantitative estimate of drug-likeness (QED) is 0.796. The number of halogens is 1. The lowest BCUT2D eigenvalue weighted by Gasteiger charge is -2.03. The molecule has 0 aliphatic rings. The molecule has 5 nitrogen and oxygen atoms in total. The van der Waals surface area contributed by atoms with Crippen molar-refractivity contribution in [3.63, 3.8) is 0 Å². The highest BCUT2D eigenvalue weighted by Crippen LogP contribution is 2.19. The highest BCUT2D eigenvalue weighted by molar-refractivity contribution is 6.32. The van der Waals surface area contributed by atoms with Crippen molar-refractivity contribution < 1.29 is 14.3 Å². The fourth-order valence-electron chi connectivity index (χ4n) is 1.72. The van der Waals surface area contributed by atoms with E-state index in [2.05, 4.69) is 9.72 Å². The number of imidazole rings is 1. The normalized spacial score (nSPS) is 10.8. The lowest BCUT2D eigenvalue weighted by Crippen LogP contribution is -2.05. The number of fused-ring (bicyclic) bond motifs is 1. The van der Waals surface area contributed by atoms with Gasteiger partial charge in [0, 0.05) is 19.7 Å². The van der Waals surface area contributed by atoms with Crippen LogP contribution in [0.1, 0.15) is 16.2 Å². The first-order valence-corrected chi connectivity index (χ1v) is 5.79. The van der Waals surface area contributed by atoms with Crippen LogP contribution in [0.15, 0.2) is 18.3 Å². The molecule has 2 aromatic rings. The molecule has 2 aromatic heterocycles. The molecule has 0 bridgehead atoms. The number of hydrogen-bond donors (Lipinski definition) is 0. The van der Waals surface area contributed by atoms with E-state index in [0.29, 0.717) is 23.7 Å². The lowest BCUT2D eigenvalue weighted by atomic mass is 10.2. The Kier molecular flexibility index (Phi) is 3.84. The van der Waals surface area contributed by atoms with Crippen LogP contribution in [0.5, 0.6) is 0 Å². The summed E-state index contributed by atoms with van der Waals surface area (Å²) < 4.78 is 11.5. The molecule has 0 amide bonds. The van der Waals surface area contributed by atoms with Crippen molar-refractivity contribution >= 4 is 23.1 Å². The van der Waals surface area contributed by atoms with E-state index in [0.717, 1.165) is 11.3 Å². The van der Waals surface area contributed by atoms with Gasteiger partial charge in [-0.1, -0.05) is 11.6 Å². The first-order valence-electron chi connectivity index (χ1n) is 5.41. The fraction of sp³-hybridized carbons (Fsp3) is 0.333. The summed E-state index contributed by atoms with van der Waals surface area (Å²) in [5, 5.41) is 0.414. The first kappa shape index (κ1) is 12.9. The molecule has 0 atom stereocenters. The first-order chi connectivity index (χ1) is 8.67. The Morgan fingerprint density at radius 3 is 2.89 bits per heavy atom. The summed E-state index contributed by atoms with van der Waals surface area (Å²) in [5.74, 6) is 0.363. The summed E-state index contributed by atoms with van der Waals surface area (Å²) in [4.78, 5) is 15.7. The maximum atomic E-state index is 11.5. The second-order valence-corrected chi connectivity index (χ2v) is 4.08. The Morgan fingerprint density at radius 2 is 2.22 bits per heavy atom. The molecule has 0 aliphatic heterocycles. The van der Waals surface area contributed by atoms with Crippen molar-refractivity contribution in [2.75, 3.05) is 20.8 Å². The van der Waals surface area contributed by atoms with Gasteiger partial charge in [0.05, 0.1) is 24.8 Å². The third kappa shape index (κ3) is 2.32. The van der Waals surface area contributed by atoms with Crippen LogP contribution in [0.3, 0.4) is 0 Å². The molecule has 0 aromatic carbocycles. The monoisotopic (exact) mass is 268 g/mol. The number of pyridine rings is 1. The molecule has 0 N–H and O–H groups in total. The van der Waals surface area contributed by atoms with E-state index in [1.165, 1.54) is 7.11 Å². The van der Waals surface area contributed by atoms with E-state index in [4.69, 9.17) is 16.3 Å². The van der Waals surface area contributed by atoms with Gasteiger partial charge in [-0.15, -0.1) is 0 Å². The van der Waals surface area contributed by atoms with Crippen LogP contribution in [-0.4, -0.2) is 36.2 Å². The Bertz CT molecular complexity index is 580. The van der Waals surface area contributed by atoms with Crippen molar-refractivity contribution in [1.82, 2.24) is 9.38 Å². The standard InChI is InChI=1S/C12H13ClN2O3/c1-17-6-5-10-14-11(13)9-4-3-8(7-15(9)10)12(16)18-2/h3-4,7H,5-6H2,1-2H3. The predicted molar refractivity (Wildman–Crippen MR) is 67.1 cm³/mol. The fourth-order valence-corrected chi connectivity index (χ4v) is 1.97. The number of nitrogens with zero attached hydrogens (tertiary/aromatic N) is 2. The Morgan fingerprint density at radius 1 is 1.44 bits per heavy atom. The van der Waals surface area contributed by atoms with E-state index in [-0.39, 0.29) is 5.97 Å². The van der Waals surface area contributed by atoms with Gasteiger partial charge in [-0.25, -0.2) is 9.78 Å². The predicted octanol–water partition coefficient (Wildman–Crippen LogP) is 1.96. The number of carbonyl (C=O) groups is 1. The van der Waals surface area contributed by atoms with Crippen LogP contribution < -0.4 is 0 Å². The molecule has 0 spiro atoms. The summed E-state index contributed by atoms with van der Waals surface area (Å²) in [5.41, 5.74) is 1.22. The molecular formula is C12H13ClN2O3. The third-order valence-corrected chi connectivity index (χ3v) is 2.89.